The number of aliphatic hydroxyl groups is 1. The SMILES string of the molecule is CC(C)CCNC(=O)[C@H](c1ccco1)N(CCO)C(=O)Cn1nnc(-c2ccc(F)cc2)n1. The normalized spacial score (nSPS) is 12.0. The minimum atomic E-state index is -1.06. The lowest BCUT2D eigenvalue weighted by atomic mass is 10.1. The molecule has 0 saturated carbocycles. The maximum absolute atomic E-state index is 13.1. The Hall–Kier alpha value is -3.60. The fourth-order valence-corrected chi connectivity index (χ4v) is 3.19. The highest BCUT2D eigenvalue weighted by atomic mass is 19.1. The molecule has 3 aromatic rings. The minimum Gasteiger partial charge on any atom is -0.467 e. The van der Waals surface area contributed by atoms with Crippen LogP contribution >= 0.6 is 0 Å². The molecule has 3 rings (SSSR count). The Labute approximate surface area is 190 Å². The summed E-state index contributed by atoms with van der Waals surface area (Å²) in [6.07, 6.45) is 2.19. The van der Waals surface area contributed by atoms with Gasteiger partial charge in [-0.2, -0.15) is 4.80 Å². The van der Waals surface area contributed by atoms with Crippen LogP contribution < -0.4 is 5.32 Å². The summed E-state index contributed by atoms with van der Waals surface area (Å²) in [6.45, 7) is 3.77. The van der Waals surface area contributed by atoms with Crippen molar-refractivity contribution in [3.8, 4) is 11.4 Å². The first-order chi connectivity index (χ1) is 15.9. The molecule has 0 fully saturated rings. The average molecular weight is 458 g/mol. The Morgan fingerprint density at radius 2 is 2.00 bits per heavy atom. The first kappa shape index (κ1) is 24.1. The van der Waals surface area contributed by atoms with E-state index in [1.165, 1.54) is 35.4 Å². The summed E-state index contributed by atoms with van der Waals surface area (Å²) in [6, 6.07) is 7.72. The second-order valence-electron chi connectivity index (χ2n) is 7.85. The average Bonchev–Trinajstić information content (AvgIpc) is 3.46. The van der Waals surface area contributed by atoms with Gasteiger partial charge in [-0.25, -0.2) is 4.39 Å². The van der Waals surface area contributed by atoms with E-state index in [1.807, 2.05) is 13.8 Å². The third kappa shape index (κ3) is 6.45. The van der Waals surface area contributed by atoms with Crippen molar-refractivity contribution in [3.05, 3.63) is 54.2 Å². The number of benzene rings is 1. The predicted molar refractivity (Wildman–Crippen MR) is 116 cm³/mol. The summed E-state index contributed by atoms with van der Waals surface area (Å²) < 4.78 is 18.6. The van der Waals surface area contributed by atoms with Crippen molar-refractivity contribution in [2.75, 3.05) is 19.7 Å². The van der Waals surface area contributed by atoms with Crippen molar-refractivity contribution in [2.24, 2.45) is 5.92 Å². The van der Waals surface area contributed by atoms with Gasteiger partial charge in [0.15, 0.2) is 6.04 Å². The van der Waals surface area contributed by atoms with Crippen molar-refractivity contribution in [1.82, 2.24) is 30.4 Å². The Balaban J connectivity index is 1.77. The molecule has 33 heavy (non-hydrogen) atoms. The molecule has 0 bridgehead atoms. The van der Waals surface area contributed by atoms with E-state index in [0.29, 0.717) is 18.0 Å². The van der Waals surface area contributed by atoms with Gasteiger partial charge in [0.2, 0.25) is 11.7 Å². The monoisotopic (exact) mass is 458 g/mol. The number of hydrogen-bond donors (Lipinski definition) is 2. The van der Waals surface area contributed by atoms with E-state index in [4.69, 9.17) is 4.42 Å². The molecule has 0 radical (unpaired) electrons. The lowest BCUT2D eigenvalue weighted by Gasteiger charge is -2.29. The van der Waals surface area contributed by atoms with E-state index in [0.717, 1.165) is 11.2 Å². The molecule has 0 spiro atoms. The van der Waals surface area contributed by atoms with Gasteiger partial charge in [-0.05, 0) is 54.0 Å². The van der Waals surface area contributed by atoms with Gasteiger partial charge in [-0.1, -0.05) is 13.8 Å². The molecule has 176 valence electrons. The molecule has 1 aromatic carbocycles. The maximum Gasteiger partial charge on any atom is 0.250 e. The third-order valence-corrected chi connectivity index (χ3v) is 4.89. The van der Waals surface area contributed by atoms with Gasteiger partial charge in [-0.15, -0.1) is 10.2 Å². The van der Waals surface area contributed by atoms with Crippen LogP contribution in [-0.4, -0.2) is 61.7 Å². The number of aliphatic hydroxyl groups excluding tert-OH is 1. The van der Waals surface area contributed by atoms with E-state index in [1.54, 1.807) is 12.1 Å². The van der Waals surface area contributed by atoms with Crippen LogP contribution in [-0.2, 0) is 16.1 Å². The molecular weight excluding hydrogens is 431 g/mol. The number of tetrazole rings is 1. The molecule has 2 aromatic heterocycles. The molecule has 0 aliphatic heterocycles. The summed E-state index contributed by atoms with van der Waals surface area (Å²) in [5, 5.41) is 24.4. The summed E-state index contributed by atoms with van der Waals surface area (Å²) in [7, 11) is 0. The number of nitrogens with zero attached hydrogens (tertiary/aromatic N) is 5. The zero-order valence-electron chi connectivity index (χ0n) is 18.5. The second kappa shape index (κ2) is 11.3. The first-order valence-corrected chi connectivity index (χ1v) is 10.6. The van der Waals surface area contributed by atoms with Crippen LogP contribution in [0.25, 0.3) is 11.4 Å². The smallest absolute Gasteiger partial charge is 0.250 e. The number of amides is 2. The quantitative estimate of drug-likeness (QED) is 0.449. The van der Waals surface area contributed by atoms with Crippen LogP contribution in [0, 0.1) is 11.7 Å². The summed E-state index contributed by atoms with van der Waals surface area (Å²) in [4.78, 5) is 28.4. The van der Waals surface area contributed by atoms with Gasteiger partial charge in [0.1, 0.15) is 18.1 Å². The van der Waals surface area contributed by atoms with E-state index < -0.39 is 23.7 Å². The van der Waals surface area contributed by atoms with Crippen LogP contribution in [0.3, 0.4) is 0 Å². The maximum atomic E-state index is 13.1. The number of aromatic nitrogens is 4. The largest absolute Gasteiger partial charge is 0.467 e. The fraction of sp³-hybridized carbons (Fsp3) is 0.409. The van der Waals surface area contributed by atoms with Crippen molar-refractivity contribution >= 4 is 11.8 Å². The first-order valence-electron chi connectivity index (χ1n) is 10.6. The molecule has 2 amide bonds. The lowest BCUT2D eigenvalue weighted by molar-refractivity contribution is -0.143. The molecule has 1 atom stereocenters. The molecule has 0 aliphatic carbocycles. The van der Waals surface area contributed by atoms with E-state index in [9.17, 15) is 19.1 Å². The molecule has 0 aliphatic rings. The number of nitrogens with one attached hydrogen (secondary N) is 1. The Morgan fingerprint density at radius 1 is 1.24 bits per heavy atom. The molecule has 10 nitrogen and oxygen atoms in total. The lowest BCUT2D eigenvalue weighted by Crippen LogP contribution is -2.46. The number of hydrogen-bond acceptors (Lipinski definition) is 7. The van der Waals surface area contributed by atoms with Gasteiger partial charge in [0.25, 0.3) is 5.91 Å². The topological polar surface area (TPSA) is 126 Å². The Kier molecular flexibility index (Phi) is 8.25. The highest BCUT2D eigenvalue weighted by Gasteiger charge is 2.33. The Morgan fingerprint density at radius 3 is 2.64 bits per heavy atom. The Bertz CT molecular complexity index is 1040. The molecule has 11 heteroatoms. The van der Waals surface area contributed by atoms with Crippen LogP contribution in [0.1, 0.15) is 32.1 Å². The molecule has 2 N–H and O–H groups in total. The van der Waals surface area contributed by atoms with Crippen molar-refractivity contribution < 1.29 is 23.5 Å². The molecule has 2 heterocycles. The van der Waals surface area contributed by atoms with Crippen LogP contribution in [0.5, 0.6) is 0 Å². The number of halogens is 1. The summed E-state index contributed by atoms with van der Waals surface area (Å²) in [5.41, 5.74) is 0.542. The number of carbonyl (C=O) groups excluding carboxylic acids is 2. The molecular formula is C22H27FN6O4. The van der Waals surface area contributed by atoms with E-state index >= 15 is 0 Å². The van der Waals surface area contributed by atoms with Gasteiger partial charge in [-0.3, -0.25) is 9.59 Å². The highest BCUT2D eigenvalue weighted by molar-refractivity contribution is 5.88. The van der Waals surface area contributed by atoms with Crippen LogP contribution in [0.15, 0.2) is 47.1 Å². The van der Waals surface area contributed by atoms with E-state index in [-0.39, 0.29) is 31.3 Å². The van der Waals surface area contributed by atoms with Gasteiger partial charge >= 0.3 is 0 Å². The molecule has 0 saturated heterocycles. The van der Waals surface area contributed by atoms with Crippen LogP contribution in [0.4, 0.5) is 4.39 Å². The predicted octanol–water partition coefficient (Wildman–Crippen LogP) is 1.80. The summed E-state index contributed by atoms with van der Waals surface area (Å²) >= 11 is 0. The standard InChI is InChI=1S/C22H27FN6O4/c1-15(2)9-10-24-22(32)20(18-4-3-13-33-18)28(11-12-30)19(31)14-29-26-21(25-27-29)16-5-7-17(23)8-6-16/h3-8,13,15,20,30H,9-12,14H2,1-2H3,(H,24,32)/t20-/m0/s1. The zero-order chi connectivity index (χ0) is 23.8. The molecule has 0 unspecified atom stereocenters. The fourth-order valence-electron chi connectivity index (χ4n) is 3.19. The van der Waals surface area contributed by atoms with Gasteiger partial charge in [0.05, 0.1) is 12.9 Å². The minimum absolute atomic E-state index is 0.0959. The number of furan rings is 1. The van der Waals surface area contributed by atoms with Crippen LogP contribution in [0.2, 0.25) is 0 Å². The van der Waals surface area contributed by atoms with Crippen molar-refractivity contribution in [1.29, 1.82) is 0 Å². The second-order valence-corrected chi connectivity index (χ2v) is 7.85. The van der Waals surface area contributed by atoms with Gasteiger partial charge in [0, 0.05) is 18.7 Å². The van der Waals surface area contributed by atoms with Crippen molar-refractivity contribution in [2.45, 2.75) is 32.9 Å². The third-order valence-electron chi connectivity index (χ3n) is 4.89. The summed E-state index contributed by atoms with van der Waals surface area (Å²) in [5.74, 6) is -0.408. The highest BCUT2D eigenvalue weighted by Crippen LogP contribution is 2.22. The van der Waals surface area contributed by atoms with E-state index in [2.05, 4.69) is 20.7 Å². The number of carbonyl (C=O) groups is 2. The zero-order valence-corrected chi connectivity index (χ0v) is 18.5. The number of rotatable bonds is 11. The van der Waals surface area contributed by atoms with Crippen molar-refractivity contribution in [3.63, 3.8) is 0 Å². The van der Waals surface area contributed by atoms with Gasteiger partial charge < -0.3 is 19.7 Å².